The molecule has 0 aromatic heterocycles. The molecule has 11 heavy (non-hydrogen) atoms. The first kappa shape index (κ1) is 9.01. The van der Waals surface area contributed by atoms with Crippen molar-refractivity contribution < 1.29 is 9.84 Å². The molecular weight excluding hydrogens is 140 g/mol. The van der Waals surface area contributed by atoms with E-state index in [0.717, 1.165) is 25.9 Å². The van der Waals surface area contributed by atoms with Crippen molar-refractivity contribution in [3.63, 3.8) is 0 Å². The zero-order valence-electron chi connectivity index (χ0n) is 7.42. The molecule has 2 heteroatoms. The summed E-state index contributed by atoms with van der Waals surface area (Å²) in [6, 6.07) is 0. The quantitative estimate of drug-likeness (QED) is 0.678. The van der Waals surface area contributed by atoms with Gasteiger partial charge in [-0.1, -0.05) is 26.7 Å². The predicted molar refractivity (Wildman–Crippen MR) is 44.1 cm³/mol. The maximum Gasteiger partial charge on any atom is 0.157 e. The van der Waals surface area contributed by atoms with E-state index in [1.54, 1.807) is 0 Å². The Balaban J connectivity index is 2.42. The van der Waals surface area contributed by atoms with E-state index in [2.05, 4.69) is 13.8 Å². The van der Waals surface area contributed by atoms with E-state index in [1.165, 1.54) is 0 Å². The lowest BCUT2D eigenvalue weighted by atomic mass is 9.89. The number of rotatable bonds is 3. The van der Waals surface area contributed by atoms with E-state index in [0.29, 0.717) is 11.8 Å². The van der Waals surface area contributed by atoms with E-state index in [1.807, 2.05) is 0 Å². The number of hydrogen-bond donors (Lipinski definition) is 1. The summed E-state index contributed by atoms with van der Waals surface area (Å²) in [5.41, 5.74) is 0. The standard InChI is InChI=1S/C9H18O2/c1-3-5-8-7(4-2)6-11-9(8)10/h7-10H,3-6H2,1-2H3. The van der Waals surface area contributed by atoms with E-state index < -0.39 is 6.29 Å². The minimum atomic E-state index is -0.486. The number of ether oxygens (including phenoxy) is 1. The van der Waals surface area contributed by atoms with Crippen molar-refractivity contribution in [2.75, 3.05) is 6.61 Å². The van der Waals surface area contributed by atoms with Crippen molar-refractivity contribution in [2.45, 2.75) is 39.4 Å². The van der Waals surface area contributed by atoms with Gasteiger partial charge in [-0.25, -0.2) is 0 Å². The van der Waals surface area contributed by atoms with Gasteiger partial charge < -0.3 is 9.84 Å². The minimum absolute atomic E-state index is 0.394. The summed E-state index contributed by atoms with van der Waals surface area (Å²) in [6.07, 6.45) is 2.88. The van der Waals surface area contributed by atoms with Crippen LogP contribution in [0.1, 0.15) is 33.1 Å². The fraction of sp³-hybridized carbons (Fsp3) is 1.00. The molecule has 66 valence electrons. The highest BCUT2D eigenvalue weighted by Crippen LogP contribution is 2.31. The van der Waals surface area contributed by atoms with Gasteiger partial charge >= 0.3 is 0 Å². The number of aliphatic hydroxyl groups is 1. The van der Waals surface area contributed by atoms with Gasteiger partial charge in [0.15, 0.2) is 6.29 Å². The molecule has 1 saturated heterocycles. The molecule has 1 aliphatic rings. The third-order valence-corrected chi connectivity index (χ3v) is 2.60. The molecule has 1 heterocycles. The molecule has 0 saturated carbocycles. The second kappa shape index (κ2) is 4.07. The van der Waals surface area contributed by atoms with Crippen LogP contribution in [0.25, 0.3) is 0 Å². The lowest BCUT2D eigenvalue weighted by molar-refractivity contribution is -0.0836. The molecule has 0 aromatic carbocycles. The van der Waals surface area contributed by atoms with Gasteiger partial charge in [0, 0.05) is 5.92 Å². The Morgan fingerprint density at radius 3 is 2.73 bits per heavy atom. The SMILES string of the molecule is CCCC1C(CC)COC1O. The zero-order chi connectivity index (χ0) is 8.27. The summed E-state index contributed by atoms with van der Waals surface area (Å²) in [4.78, 5) is 0. The van der Waals surface area contributed by atoms with Crippen molar-refractivity contribution in [3.05, 3.63) is 0 Å². The normalized spacial score (nSPS) is 37.9. The van der Waals surface area contributed by atoms with Crippen LogP contribution < -0.4 is 0 Å². The molecule has 0 aliphatic carbocycles. The maximum atomic E-state index is 9.40. The third kappa shape index (κ3) is 1.94. The highest BCUT2D eigenvalue weighted by Gasteiger charge is 2.33. The summed E-state index contributed by atoms with van der Waals surface area (Å²) < 4.78 is 5.18. The monoisotopic (exact) mass is 158 g/mol. The summed E-state index contributed by atoms with van der Waals surface area (Å²) in [6.45, 7) is 5.06. The molecule has 0 spiro atoms. The van der Waals surface area contributed by atoms with E-state index >= 15 is 0 Å². The molecule has 2 nitrogen and oxygen atoms in total. The van der Waals surface area contributed by atoms with Gasteiger partial charge in [-0.3, -0.25) is 0 Å². The Bertz CT molecular complexity index is 114. The van der Waals surface area contributed by atoms with Crippen molar-refractivity contribution in [1.29, 1.82) is 0 Å². The van der Waals surface area contributed by atoms with Crippen LogP contribution in [-0.2, 0) is 4.74 Å². The van der Waals surface area contributed by atoms with Gasteiger partial charge in [0.05, 0.1) is 6.61 Å². The Labute approximate surface area is 68.6 Å². The Morgan fingerprint density at radius 2 is 2.18 bits per heavy atom. The molecular formula is C9H18O2. The second-order valence-electron chi connectivity index (χ2n) is 3.34. The number of hydrogen-bond acceptors (Lipinski definition) is 2. The highest BCUT2D eigenvalue weighted by molar-refractivity contribution is 4.76. The lowest BCUT2D eigenvalue weighted by Gasteiger charge is -2.16. The maximum absolute atomic E-state index is 9.40. The van der Waals surface area contributed by atoms with Crippen LogP contribution in [0.5, 0.6) is 0 Å². The lowest BCUT2D eigenvalue weighted by Crippen LogP contribution is -2.19. The first-order chi connectivity index (χ1) is 5.29. The summed E-state index contributed by atoms with van der Waals surface area (Å²) in [5.74, 6) is 0.981. The fourth-order valence-corrected chi connectivity index (χ4v) is 1.83. The fourth-order valence-electron chi connectivity index (χ4n) is 1.83. The number of aliphatic hydroxyl groups excluding tert-OH is 1. The largest absolute Gasteiger partial charge is 0.368 e. The Hall–Kier alpha value is -0.0800. The smallest absolute Gasteiger partial charge is 0.157 e. The zero-order valence-corrected chi connectivity index (χ0v) is 7.42. The average molecular weight is 158 g/mol. The van der Waals surface area contributed by atoms with Crippen molar-refractivity contribution in [2.24, 2.45) is 11.8 Å². The first-order valence-corrected chi connectivity index (χ1v) is 4.59. The topological polar surface area (TPSA) is 29.5 Å². The van der Waals surface area contributed by atoms with Gasteiger partial charge in [-0.05, 0) is 12.3 Å². The molecule has 3 atom stereocenters. The van der Waals surface area contributed by atoms with Gasteiger partial charge in [0.25, 0.3) is 0 Å². The molecule has 1 aliphatic heterocycles. The van der Waals surface area contributed by atoms with Crippen LogP contribution >= 0.6 is 0 Å². The predicted octanol–water partition coefficient (Wildman–Crippen LogP) is 1.78. The van der Waals surface area contributed by atoms with Gasteiger partial charge in [-0.2, -0.15) is 0 Å². The van der Waals surface area contributed by atoms with Crippen molar-refractivity contribution in [3.8, 4) is 0 Å². The van der Waals surface area contributed by atoms with Crippen LogP contribution in [0, 0.1) is 11.8 Å². The molecule has 1 rings (SSSR count). The summed E-state index contributed by atoms with van der Waals surface area (Å²) >= 11 is 0. The molecule has 1 N–H and O–H groups in total. The third-order valence-electron chi connectivity index (χ3n) is 2.60. The van der Waals surface area contributed by atoms with Crippen LogP contribution in [0.15, 0.2) is 0 Å². The molecule has 0 radical (unpaired) electrons. The van der Waals surface area contributed by atoms with E-state index in [-0.39, 0.29) is 0 Å². The molecule has 0 bridgehead atoms. The Kier molecular flexibility index (Phi) is 3.34. The van der Waals surface area contributed by atoms with Crippen molar-refractivity contribution in [1.82, 2.24) is 0 Å². The van der Waals surface area contributed by atoms with E-state index in [9.17, 15) is 5.11 Å². The molecule has 0 amide bonds. The first-order valence-electron chi connectivity index (χ1n) is 4.59. The van der Waals surface area contributed by atoms with Crippen LogP contribution in [0.4, 0.5) is 0 Å². The van der Waals surface area contributed by atoms with Crippen LogP contribution in [0.3, 0.4) is 0 Å². The van der Waals surface area contributed by atoms with Crippen LogP contribution in [0.2, 0.25) is 0 Å². The average Bonchev–Trinajstić information content (AvgIpc) is 2.34. The molecule has 0 aromatic rings. The van der Waals surface area contributed by atoms with Crippen LogP contribution in [-0.4, -0.2) is 18.0 Å². The molecule has 1 fully saturated rings. The van der Waals surface area contributed by atoms with E-state index in [4.69, 9.17) is 4.74 Å². The second-order valence-corrected chi connectivity index (χ2v) is 3.34. The summed E-state index contributed by atoms with van der Waals surface area (Å²) in [5, 5.41) is 9.40. The Morgan fingerprint density at radius 1 is 1.45 bits per heavy atom. The van der Waals surface area contributed by atoms with Gasteiger partial charge in [-0.15, -0.1) is 0 Å². The highest BCUT2D eigenvalue weighted by atomic mass is 16.6. The van der Waals surface area contributed by atoms with Gasteiger partial charge in [0.1, 0.15) is 0 Å². The van der Waals surface area contributed by atoms with Crippen molar-refractivity contribution >= 4 is 0 Å². The molecule has 3 unspecified atom stereocenters. The minimum Gasteiger partial charge on any atom is -0.368 e. The summed E-state index contributed by atoms with van der Waals surface area (Å²) in [7, 11) is 0. The van der Waals surface area contributed by atoms with Gasteiger partial charge in [0.2, 0.25) is 0 Å².